The molecule has 2 saturated carbocycles. The fourth-order valence-electron chi connectivity index (χ4n) is 3.85. The van der Waals surface area contributed by atoms with Crippen molar-refractivity contribution >= 4 is 5.97 Å². The van der Waals surface area contributed by atoms with Gasteiger partial charge in [-0.1, -0.05) is 0 Å². The summed E-state index contributed by atoms with van der Waals surface area (Å²) >= 11 is 0. The van der Waals surface area contributed by atoms with E-state index in [4.69, 9.17) is 4.74 Å². The van der Waals surface area contributed by atoms with Crippen molar-refractivity contribution in [1.29, 1.82) is 0 Å². The zero-order valence-electron chi connectivity index (χ0n) is 8.45. The molecule has 2 bridgehead atoms. The van der Waals surface area contributed by atoms with Crippen molar-refractivity contribution < 1.29 is 14.6 Å². The van der Waals surface area contributed by atoms with Gasteiger partial charge in [0, 0.05) is 5.92 Å². The van der Waals surface area contributed by atoms with Gasteiger partial charge in [0.25, 0.3) is 0 Å². The van der Waals surface area contributed by atoms with E-state index in [-0.39, 0.29) is 17.5 Å². The van der Waals surface area contributed by atoms with Crippen LogP contribution in [0.3, 0.4) is 0 Å². The fourth-order valence-corrected chi connectivity index (χ4v) is 3.85. The highest BCUT2D eigenvalue weighted by Crippen LogP contribution is 2.61. The van der Waals surface area contributed by atoms with Crippen LogP contribution in [0, 0.1) is 11.3 Å². The lowest BCUT2D eigenvalue weighted by Gasteiger charge is -2.40. The first kappa shape index (κ1) is 8.72. The number of esters is 1. The molecule has 3 aliphatic rings. The van der Waals surface area contributed by atoms with E-state index in [1.807, 2.05) is 6.92 Å². The number of hydrogen-bond acceptors (Lipinski definition) is 3. The van der Waals surface area contributed by atoms with Crippen LogP contribution >= 0.6 is 0 Å². The first-order valence-corrected chi connectivity index (χ1v) is 5.51. The van der Waals surface area contributed by atoms with Crippen LogP contribution in [-0.4, -0.2) is 22.8 Å². The summed E-state index contributed by atoms with van der Waals surface area (Å²) in [5, 5.41) is 9.97. The van der Waals surface area contributed by atoms with Crippen LogP contribution in [0.5, 0.6) is 0 Å². The summed E-state index contributed by atoms with van der Waals surface area (Å²) < 4.78 is 5.57. The predicted octanol–water partition coefficient (Wildman–Crippen LogP) is 1.24. The Kier molecular flexibility index (Phi) is 1.45. The molecule has 0 spiro atoms. The molecule has 0 aromatic heterocycles. The molecule has 0 radical (unpaired) electrons. The van der Waals surface area contributed by atoms with E-state index in [0.717, 1.165) is 32.1 Å². The van der Waals surface area contributed by atoms with Crippen LogP contribution in [0.4, 0.5) is 0 Å². The molecule has 0 aromatic carbocycles. The van der Waals surface area contributed by atoms with E-state index in [9.17, 15) is 9.90 Å². The summed E-state index contributed by atoms with van der Waals surface area (Å²) in [7, 11) is 0. The lowest BCUT2D eigenvalue weighted by atomic mass is 9.63. The number of aliphatic hydroxyl groups is 1. The van der Waals surface area contributed by atoms with Crippen LogP contribution in [0.1, 0.15) is 39.0 Å². The normalized spacial score (nSPS) is 55.7. The molecule has 3 rings (SSSR count). The summed E-state index contributed by atoms with van der Waals surface area (Å²) in [4.78, 5) is 11.8. The van der Waals surface area contributed by atoms with Crippen LogP contribution in [-0.2, 0) is 9.53 Å². The molecule has 3 nitrogen and oxygen atoms in total. The van der Waals surface area contributed by atoms with Crippen LogP contribution in [0.2, 0.25) is 0 Å². The first-order valence-electron chi connectivity index (χ1n) is 5.51. The molecule has 1 unspecified atom stereocenters. The van der Waals surface area contributed by atoms with Gasteiger partial charge in [0.05, 0.1) is 11.5 Å². The van der Waals surface area contributed by atoms with E-state index in [1.54, 1.807) is 0 Å². The number of aliphatic hydroxyl groups excluding tert-OH is 1. The molecule has 0 amide bonds. The average molecular weight is 196 g/mol. The largest absolute Gasteiger partial charge is 0.458 e. The minimum Gasteiger partial charge on any atom is -0.458 e. The zero-order chi connectivity index (χ0) is 9.97. The molecule has 14 heavy (non-hydrogen) atoms. The van der Waals surface area contributed by atoms with Crippen LogP contribution < -0.4 is 0 Å². The molecule has 1 N–H and O–H groups in total. The zero-order valence-corrected chi connectivity index (χ0v) is 8.45. The van der Waals surface area contributed by atoms with Crippen molar-refractivity contribution in [3.8, 4) is 0 Å². The van der Waals surface area contributed by atoms with Crippen molar-refractivity contribution in [2.24, 2.45) is 11.3 Å². The molecule has 1 aliphatic heterocycles. The molecule has 2 aliphatic carbocycles. The second-order valence-corrected chi connectivity index (χ2v) is 5.24. The van der Waals surface area contributed by atoms with Crippen molar-refractivity contribution in [3.05, 3.63) is 0 Å². The Morgan fingerprint density at radius 3 is 3.00 bits per heavy atom. The minimum atomic E-state index is -0.602. The van der Waals surface area contributed by atoms with E-state index in [1.165, 1.54) is 0 Å². The Morgan fingerprint density at radius 2 is 2.21 bits per heavy atom. The summed E-state index contributed by atoms with van der Waals surface area (Å²) in [5.74, 6) is 0.110. The maximum Gasteiger partial charge on any atom is 0.315 e. The minimum absolute atomic E-state index is 0.160. The van der Waals surface area contributed by atoms with Crippen molar-refractivity contribution in [2.75, 3.05) is 0 Å². The van der Waals surface area contributed by atoms with Gasteiger partial charge in [-0.15, -0.1) is 0 Å². The third kappa shape index (κ3) is 0.724. The van der Waals surface area contributed by atoms with E-state index >= 15 is 0 Å². The summed E-state index contributed by atoms with van der Waals surface area (Å²) in [6.45, 7) is 1.89. The van der Waals surface area contributed by atoms with Gasteiger partial charge in [0.2, 0.25) is 0 Å². The van der Waals surface area contributed by atoms with Crippen LogP contribution in [0.25, 0.3) is 0 Å². The van der Waals surface area contributed by atoms with Gasteiger partial charge >= 0.3 is 5.97 Å². The highest BCUT2D eigenvalue weighted by atomic mass is 16.6. The summed E-state index contributed by atoms with van der Waals surface area (Å²) in [6, 6.07) is 0. The van der Waals surface area contributed by atoms with Gasteiger partial charge in [-0.3, -0.25) is 4.79 Å². The maximum absolute atomic E-state index is 11.8. The topological polar surface area (TPSA) is 46.5 Å². The summed E-state index contributed by atoms with van der Waals surface area (Å²) in [6.07, 6.45) is 4.28. The lowest BCUT2D eigenvalue weighted by Crippen LogP contribution is -2.48. The molecule has 3 fully saturated rings. The molecule has 78 valence electrons. The summed E-state index contributed by atoms with van der Waals surface area (Å²) in [5.41, 5.74) is -0.792. The van der Waals surface area contributed by atoms with E-state index in [0.29, 0.717) is 0 Å². The first-order chi connectivity index (χ1) is 6.59. The van der Waals surface area contributed by atoms with Gasteiger partial charge in [-0.2, -0.15) is 0 Å². The number of rotatable bonds is 0. The standard InChI is InChI=1S/C11H16O3/c1-10-7-3-2-5-11(7,14-9(10)13)6-4-8(10)12/h7-8,12H,2-6H2,1H3/t7-,8-,10?,11+/m0/s1. The van der Waals surface area contributed by atoms with Gasteiger partial charge in [-0.05, 0) is 39.0 Å². The molecule has 4 atom stereocenters. The highest BCUT2D eigenvalue weighted by Gasteiger charge is 2.69. The maximum atomic E-state index is 11.8. The monoisotopic (exact) mass is 196 g/mol. The Hall–Kier alpha value is -0.570. The number of ether oxygens (including phenoxy) is 1. The number of carbonyl (C=O) groups is 1. The number of carbonyl (C=O) groups excluding carboxylic acids is 1. The van der Waals surface area contributed by atoms with E-state index < -0.39 is 11.5 Å². The van der Waals surface area contributed by atoms with Crippen molar-refractivity contribution in [1.82, 2.24) is 0 Å². The molecular formula is C11H16O3. The van der Waals surface area contributed by atoms with E-state index in [2.05, 4.69) is 0 Å². The van der Waals surface area contributed by atoms with Gasteiger partial charge in [-0.25, -0.2) is 0 Å². The Balaban J connectivity index is 2.11. The molecule has 3 heteroatoms. The third-order valence-electron chi connectivity index (χ3n) is 4.72. The Morgan fingerprint density at radius 1 is 1.43 bits per heavy atom. The molecular weight excluding hydrogens is 180 g/mol. The Bertz CT molecular complexity index is 301. The lowest BCUT2D eigenvalue weighted by molar-refractivity contribution is -0.154. The molecule has 0 aromatic rings. The van der Waals surface area contributed by atoms with Crippen LogP contribution in [0.15, 0.2) is 0 Å². The second-order valence-electron chi connectivity index (χ2n) is 5.24. The van der Waals surface area contributed by atoms with Crippen molar-refractivity contribution in [3.63, 3.8) is 0 Å². The van der Waals surface area contributed by atoms with Gasteiger partial charge in [0.1, 0.15) is 5.60 Å². The SMILES string of the molecule is CC12C(=O)O[C@]3(CCC[C@@H]13)CC[C@@H]2O. The van der Waals surface area contributed by atoms with Gasteiger partial charge < -0.3 is 9.84 Å². The predicted molar refractivity (Wildman–Crippen MR) is 49.5 cm³/mol. The highest BCUT2D eigenvalue weighted by molar-refractivity contribution is 5.81. The smallest absolute Gasteiger partial charge is 0.315 e. The Labute approximate surface area is 83.4 Å². The van der Waals surface area contributed by atoms with Crippen molar-refractivity contribution in [2.45, 2.75) is 50.7 Å². The second kappa shape index (κ2) is 2.32. The average Bonchev–Trinajstić information content (AvgIpc) is 2.61. The number of hydrogen-bond donors (Lipinski definition) is 1. The fraction of sp³-hybridized carbons (Fsp3) is 0.909. The third-order valence-corrected chi connectivity index (χ3v) is 4.72. The van der Waals surface area contributed by atoms with Gasteiger partial charge in [0.15, 0.2) is 0 Å². The quantitative estimate of drug-likeness (QED) is 0.593. The molecule has 1 heterocycles. The molecule has 1 saturated heterocycles.